The number of anilines is 2. The van der Waals surface area contributed by atoms with Crippen LogP contribution in [0.1, 0.15) is 26.7 Å². The van der Waals surface area contributed by atoms with Crippen molar-refractivity contribution in [2.24, 2.45) is 5.41 Å². The van der Waals surface area contributed by atoms with Gasteiger partial charge < -0.3 is 16.2 Å². The third-order valence-electron chi connectivity index (χ3n) is 2.61. The molecule has 0 aliphatic carbocycles. The second kappa shape index (κ2) is 5.70. The average Bonchev–Trinajstić information content (AvgIpc) is 2.26. The van der Waals surface area contributed by atoms with Crippen molar-refractivity contribution in [3.05, 3.63) is 18.3 Å². The Labute approximate surface area is 96.9 Å². The number of rotatable bonds is 6. The summed E-state index contributed by atoms with van der Waals surface area (Å²) in [6.07, 6.45) is 3.49. The van der Waals surface area contributed by atoms with E-state index in [4.69, 9.17) is 10.8 Å². The maximum absolute atomic E-state index is 8.81. The molecule has 0 unspecified atom stereocenters. The number of nitrogens with two attached hydrogens (primary N) is 1. The highest BCUT2D eigenvalue weighted by molar-refractivity contribution is 5.60. The molecule has 0 bridgehead atoms. The normalized spacial score (nSPS) is 11.4. The molecular formula is C12H21N3O. The van der Waals surface area contributed by atoms with Crippen LogP contribution in [0.4, 0.5) is 11.5 Å². The van der Waals surface area contributed by atoms with Crippen molar-refractivity contribution in [3.63, 3.8) is 0 Å². The quantitative estimate of drug-likeness (QED) is 0.688. The van der Waals surface area contributed by atoms with Gasteiger partial charge in [-0.3, -0.25) is 0 Å². The molecule has 0 aliphatic rings. The van der Waals surface area contributed by atoms with Crippen LogP contribution in [0.15, 0.2) is 18.3 Å². The highest BCUT2D eigenvalue weighted by Crippen LogP contribution is 2.24. The summed E-state index contributed by atoms with van der Waals surface area (Å²) >= 11 is 0. The van der Waals surface area contributed by atoms with Gasteiger partial charge in [-0.05, 0) is 30.4 Å². The van der Waals surface area contributed by atoms with Crippen LogP contribution < -0.4 is 11.1 Å². The summed E-state index contributed by atoms with van der Waals surface area (Å²) in [5.74, 6) is 0.528. The van der Waals surface area contributed by atoms with Crippen molar-refractivity contribution < 1.29 is 5.11 Å². The SMILES string of the molecule is CC(C)(CCCO)CNc1cccnc1N. The topological polar surface area (TPSA) is 71.2 Å². The molecule has 0 saturated carbocycles. The lowest BCUT2D eigenvalue weighted by Crippen LogP contribution is -2.23. The Balaban J connectivity index is 2.47. The van der Waals surface area contributed by atoms with Gasteiger partial charge in [0.25, 0.3) is 0 Å². The number of pyridine rings is 1. The van der Waals surface area contributed by atoms with Crippen molar-refractivity contribution >= 4 is 11.5 Å². The number of nitrogens with one attached hydrogen (secondary N) is 1. The molecule has 4 nitrogen and oxygen atoms in total. The Morgan fingerprint density at radius 1 is 1.50 bits per heavy atom. The second-order valence-electron chi connectivity index (χ2n) is 4.78. The van der Waals surface area contributed by atoms with Gasteiger partial charge in [0.15, 0.2) is 0 Å². The van der Waals surface area contributed by atoms with Crippen molar-refractivity contribution in [3.8, 4) is 0 Å². The van der Waals surface area contributed by atoms with Crippen LogP contribution in [0.25, 0.3) is 0 Å². The second-order valence-corrected chi connectivity index (χ2v) is 4.78. The Kier molecular flexibility index (Phi) is 4.55. The van der Waals surface area contributed by atoms with Crippen LogP contribution >= 0.6 is 0 Å². The largest absolute Gasteiger partial charge is 0.396 e. The number of aliphatic hydroxyl groups excluding tert-OH is 1. The predicted molar refractivity (Wildman–Crippen MR) is 67.2 cm³/mol. The molecule has 1 rings (SSSR count). The van der Waals surface area contributed by atoms with Gasteiger partial charge in [-0.1, -0.05) is 13.8 Å². The lowest BCUT2D eigenvalue weighted by atomic mass is 9.88. The molecule has 1 heterocycles. The number of hydrogen-bond acceptors (Lipinski definition) is 4. The summed E-state index contributed by atoms with van der Waals surface area (Å²) in [5.41, 5.74) is 6.75. The third-order valence-corrected chi connectivity index (χ3v) is 2.61. The first-order valence-electron chi connectivity index (χ1n) is 5.60. The van der Waals surface area contributed by atoms with Gasteiger partial charge in [-0.25, -0.2) is 4.98 Å². The summed E-state index contributed by atoms with van der Waals surface area (Å²) in [5, 5.41) is 12.1. The molecule has 0 aromatic carbocycles. The van der Waals surface area contributed by atoms with Gasteiger partial charge in [0, 0.05) is 19.3 Å². The van der Waals surface area contributed by atoms with E-state index in [1.165, 1.54) is 0 Å². The fraction of sp³-hybridized carbons (Fsp3) is 0.583. The number of nitrogen functional groups attached to an aromatic ring is 1. The van der Waals surface area contributed by atoms with Crippen LogP contribution in [0.2, 0.25) is 0 Å². The Morgan fingerprint density at radius 3 is 2.88 bits per heavy atom. The van der Waals surface area contributed by atoms with E-state index in [0.29, 0.717) is 5.82 Å². The van der Waals surface area contributed by atoms with Gasteiger partial charge in [0.05, 0.1) is 5.69 Å². The summed E-state index contributed by atoms with van der Waals surface area (Å²) in [6, 6.07) is 3.78. The molecule has 1 aromatic rings. The Morgan fingerprint density at radius 2 is 2.25 bits per heavy atom. The molecule has 0 spiro atoms. The lowest BCUT2D eigenvalue weighted by molar-refractivity contribution is 0.248. The van der Waals surface area contributed by atoms with Crippen molar-refractivity contribution in [2.75, 3.05) is 24.2 Å². The summed E-state index contributed by atoms with van der Waals surface area (Å²) < 4.78 is 0. The first-order chi connectivity index (χ1) is 7.55. The molecule has 0 radical (unpaired) electrons. The fourth-order valence-electron chi connectivity index (χ4n) is 1.55. The zero-order valence-electron chi connectivity index (χ0n) is 10.0. The molecule has 0 fully saturated rings. The van der Waals surface area contributed by atoms with E-state index >= 15 is 0 Å². The van der Waals surface area contributed by atoms with E-state index in [1.807, 2.05) is 12.1 Å². The highest BCUT2D eigenvalue weighted by atomic mass is 16.2. The number of aliphatic hydroxyl groups is 1. The lowest BCUT2D eigenvalue weighted by Gasteiger charge is -2.25. The fourth-order valence-corrected chi connectivity index (χ4v) is 1.55. The van der Waals surface area contributed by atoms with Gasteiger partial charge in [0.2, 0.25) is 0 Å². The van der Waals surface area contributed by atoms with E-state index in [1.54, 1.807) is 6.20 Å². The molecule has 4 heteroatoms. The summed E-state index contributed by atoms with van der Waals surface area (Å²) in [4.78, 5) is 4.02. The van der Waals surface area contributed by atoms with E-state index in [2.05, 4.69) is 24.1 Å². The van der Waals surface area contributed by atoms with Crippen LogP contribution in [0.3, 0.4) is 0 Å². The molecule has 1 aromatic heterocycles. The predicted octanol–water partition coefficient (Wildman–Crippen LogP) is 1.87. The molecular weight excluding hydrogens is 202 g/mol. The molecule has 16 heavy (non-hydrogen) atoms. The number of aromatic nitrogens is 1. The Hall–Kier alpha value is -1.29. The van der Waals surface area contributed by atoms with Crippen LogP contribution in [0.5, 0.6) is 0 Å². The average molecular weight is 223 g/mol. The standard InChI is InChI=1S/C12H21N3O/c1-12(2,6-4-8-16)9-15-10-5-3-7-14-11(10)13/h3,5,7,15-16H,4,6,8-9H2,1-2H3,(H2,13,14). The molecule has 0 atom stereocenters. The number of nitrogens with zero attached hydrogens (tertiary/aromatic N) is 1. The zero-order chi connectivity index (χ0) is 12.0. The summed E-state index contributed by atoms with van der Waals surface area (Å²) in [7, 11) is 0. The van der Waals surface area contributed by atoms with E-state index in [9.17, 15) is 0 Å². The minimum atomic E-state index is 0.144. The van der Waals surface area contributed by atoms with Crippen LogP contribution in [-0.2, 0) is 0 Å². The molecule has 90 valence electrons. The van der Waals surface area contributed by atoms with E-state index in [0.717, 1.165) is 25.1 Å². The van der Waals surface area contributed by atoms with Crippen molar-refractivity contribution in [2.45, 2.75) is 26.7 Å². The Bertz CT molecular complexity index is 326. The molecule has 0 amide bonds. The first kappa shape index (κ1) is 12.8. The van der Waals surface area contributed by atoms with Gasteiger partial charge in [0.1, 0.15) is 5.82 Å². The van der Waals surface area contributed by atoms with Gasteiger partial charge in [-0.15, -0.1) is 0 Å². The van der Waals surface area contributed by atoms with Crippen LogP contribution in [-0.4, -0.2) is 23.2 Å². The van der Waals surface area contributed by atoms with Gasteiger partial charge in [-0.2, -0.15) is 0 Å². The van der Waals surface area contributed by atoms with Crippen LogP contribution in [0, 0.1) is 5.41 Å². The van der Waals surface area contributed by atoms with Crippen molar-refractivity contribution in [1.29, 1.82) is 0 Å². The summed E-state index contributed by atoms with van der Waals surface area (Å²) in [6.45, 7) is 5.41. The maximum atomic E-state index is 8.81. The third kappa shape index (κ3) is 4.06. The maximum Gasteiger partial charge on any atom is 0.146 e. The van der Waals surface area contributed by atoms with Crippen molar-refractivity contribution in [1.82, 2.24) is 4.98 Å². The molecule has 0 saturated heterocycles. The van der Waals surface area contributed by atoms with E-state index < -0.39 is 0 Å². The molecule has 0 aliphatic heterocycles. The van der Waals surface area contributed by atoms with E-state index in [-0.39, 0.29) is 12.0 Å². The minimum absolute atomic E-state index is 0.144. The first-order valence-corrected chi connectivity index (χ1v) is 5.60. The highest BCUT2D eigenvalue weighted by Gasteiger charge is 2.17. The monoisotopic (exact) mass is 223 g/mol. The van der Waals surface area contributed by atoms with Gasteiger partial charge >= 0.3 is 0 Å². The minimum Gasteiger partial charge on any atom is -0.396 e. The zero-order valence-corrected chi connectivity index (χ0v) is 10.0. The molecule has 4 N–H and O–H groups in total. The smallest absolute Gasteiger partial charge is 0.146 e. The number of hydrogen-bond donors (Lipinski definition) is 3.